The van der Waals surface area contributed by atoms with Crippen LogP contribution in [0.4, 0.5) is 0 Å². The molecule has 2 heterocycles. The van der Waals surface area contributed by atoms with Gasteiger partial charge in [-0.1, -0.05) is 30.3 Å². The number of likely N-dealkylation sites (tertiary alicyclic amines) is 1. The number of likely N-dealkylation sites (N-methyl/N-ethyl adjacent to an activating group) is 1. The molecule has 1 aliphatic rings. The van der Waals surface area contributed by atoms with Crippen molar-refractivity contribution in [1.82, 2.24) is 20.2 Å². The van der Waals surface area contributed by atoms with E-state index in [9.17, 15) is 9.59 Å². The van der Waals surface area contributed by atoms with Gasteiger partial charge in [0.05, 0.1) is 11.3 Å². The molecule has 0 spiro atoms. The molecule has 1 saturated heterocycles. The van der Waals surface area contributed by atoms with Crippen LogP contribution in [0.5, 0.6) is 0 Å². The van der Waals surface area contributed by atoms with E-state index in [4.69, 9.17) is 5.73 Å². The summed E-state index contributed by atoms with van der Waals surface area (Å²) in [6.07, 6.45) is 1.98. The summed E-state index contributed by atoms with van der Waals surface area (Å²) in [6.45, 7) is 2.11. The van der Waals surface area contributed by atoms with E-state index in [0.717, 1.165) is 5.56 Å². The maximum absolute atomic E-state index is 12.9. The highest BCUT2D eigenvalue weighted by atomic mass is 16.2. The van der Waals surface area contributed by atoms with Crippen molar-refractivity contribution >= 4 is 11.8 Å². The van der Waals surface area contributed by atoms with Crippen molar-refractivity contribution in [2.75, 3.05) is 13.6 Å². The molecule has 1 fully saturated rings. The average Bonchev–Trinajstić information content (AvgIpc) is 3.03. The molecule has 2 amide bonds. The van der Waals surface area contributed by atoms with Crippen LogP contribution in [0.15, 0.2) is 36.5 Å². The Kier molecular flexibility index (Phi) is 4.76. The Morgan fingerprint density at radius 2 is 2.00 bits per heavy atom. The largest absolute Gasteiger partial charge is 0.357 e. The van der Waals surface area contributed by atoms with Crippen LogP contribution in [0.3, 0.4) is 0 Å². The number of nitrogens with one attached hydrogen (secondary N) is 1. The van der Waals surface area contributed by atoms with E-state index in [1.807, 2.05) is 30.3 Å². The van der Waals surface area contributed by atoms with E-state index in [-0.39, 0.29) is 17.9 Å². The molecule has 0 radical (unpaired) electrons. The Bertz CT molecular complexity index is 793. The van der Waals surface area contributed by atoms with Gasteiger partial charge in [-0.25, -0.2) is 9.97 Å². The summed E-state index contributed by atoms with van der Waals surface area (Å²) < 4.78 is 0. The van der Waals surface area contributed by atoms with E-state index in [1.54, 1.807) is 14.0 Å². The number of nitrogens with two attached hydrogens (primary N) is 1. The molecule has 0 saturated carbocycles. The van der Waals surface area contributed by atoms with E-state index in [1.165, 1.54) is 11.1 Å². The topological polar surface area (TPSA) is 101 Å². The van der Waals surface area contributed by atoms with Gasteiger partial charge in [0.1, 0.15) is 6.04 Å². The van der Waals surface area contributed by atoms with Crippen LogP contribution < -0.4 is 11.1 Å². The zero-order valence-electron chi connectivity index (χ0n) is 14.3. The first-order chi connectivity index (χ1) is 12.0. The van der Waals surface area contributed by atoms with Crippen LogP contribution in [0.25, 0.3) is 11.4 Å². The molecule has 7 heteroatoms. The molecule has 2 atom stereocenters. The van der Waals surface area contributed by atoms with Gasteiger partial charge in [-0.3, -0.25) is 9.59 Å². The van der Waals surface area contributed by atoms with Crippen LogP contribution in [-0.4, -0.2) is 52.4 Å². The minimum absolute atomic E-state index is 0.208. The van der Waals surface area contributed by atoms with Crippen molar-refractivity contribution in [3.8, 4) is 11.4 Å². The highest BCUT2D eigenvalue weighted by Crippen LogP contribution is 2.22. The number of nitrogens with zero attached hydrogens (tertiary/aromatic N) is 3. The van der Waals surface area contributed by atoms with Gasteiger partial charge in [-0.2, -0.15) is 0 Å². The first-order valence-electron chi connectivity index (χ1n) is 8.18. The number of aromatic nitrogens is 2. The van der Waals surface area contributed by atoms with E-state index in [2.05, 4.69) is 15.3 Å². The summed E-state index contributed by atoms with van der Waals surface area (Å²) in [5.74, 6) is 0.0927. The fourth-order valence-electron chi connectivity index (χ4n) is 3.07. The first-order valence-corrected chi connectivity index (χ1v) is 8.18. The maximum atomic E-state index is 12.9. The van der Waals surface area contributed by atoms with Gasteiger partial charge in [-0.15, -0.1) is 0 Å². The minimum Gasteiger partial charge on any atom is -0.357 e. The summed E-state index contributed by atoms with van der Waals surface area (Å²) in [7, 11) is 1.55. The fraction of sp³-hybridized carbons (Fsp3) is 0.333. The Hall–Kier alpha value is -2.80. The van der Waals surface area contributed by atoms with E-state index < -0.39 is 6.04 Å². The second-order valence-electron chi connectivity index (χ2n) is 6.14. The molecule has 0 unspecified atom stereocenters. The number of carbonyl (C=O) groups is 2. The van der Waals surface area contributed by atoms with Gasteiger partial charge in [-0.05, 0) is 13.3 Å². The standard InChI is InChI=1S/C18H21N5O2/c1-11-14(9-21-16(22-11)12-6-4-3-5-7-12)18(25)23-10-13(19)8-15(23)17(24)20-2/h3-7,9,13,15H,8,10,19H2,1-2H3,(H,20,24)/t13-,15-/m0/s1. The van der Waals surface area contributed by atoms with Gasteiger partial charge in [0.15, 0.2) is 5.82 Å². The molecule has 3 N–H and O–H groups in total. The van der Waals surface area contributed by atoms with Crippen molar-refractivity contribution < 1.29 is 9.59 Å². The lowest BCUT2D eigenvalue weighted by atomic mass is 10.1. The van der Waals surface area contributed by atoms with Crippen molar-refractivity contribution in [2.24, 2.45) is 5.73 Å². The molecule has 7 nitrogen and oxygen atoms in total. The lowest BCUT2D eigenvalue weighted by Crippen LogP contribution is -2.45. The molecular formula is C18H21N5O2. The molecule has 0 bridgehead atoms. The molecular weight excluding hydrogens is 318 g/mol. The van der Waals surface area contributed by atoms with Crippen LogP contribution >= 0.6 is 0 Å². The average molecular weight is 339 g/mol. The van der Waals surface area contributed by atoms with Crippen LogP contribution in [0.2, 0.25) is 0 Å². The molecule has 1 aromatic heterocycles. The minimum atomic E-state index is -0.555. The zero-order chi connectivity index (χ0) is 18.0. The predicted octanol–water partition coefficient (Wildman–Crippen LogP) is 0.740. The maximum Gasteiger partial charge on any atom is 0.258 e. The molecule has 2 aromatic rings. The molecule has 1 aromatic carbocycles. The monoisotopic (exact) mass is 339 g/mol. The number of benzene rings is 1. The number of amides is 2. The Balaban J connectivity index is 1.88. The quantitative estimate of drug-likeness (QED) is 0.859. The van der Waals surface area contributed by atoms with Crippen molar-refractivity contribution in [3.63, 3.8) is 0 Å². The van der Waals surface area contributed by atoms with Gasteiger partial charge in [0, 0.05) is 31.4 Å². The van der Waals surface area contributed by atoms with Crippen molar-refractivity contribution in [2.45, 2.75) is 25.4 Å². The number of carbonyl (C=O) groups excluding carboxylic acids is 2. The second-order valence-corrected chi connectivity index (χ2v) is 6.14. The molecule has 130 valence electrons. The Labute approximate surface area is 146 Å². The lowest BCUT2D eigenvalue weighted by Gasteiger charge is -2.23. The SMILES string of the molecule is CNC(=O)[C@@H]1C[C@H](N)CN1C(=O)c1cnc(-c2ccccc2)nc1C. The lowest BCUT2D eigenvalue weighted by molar-refractivity contribution is -0.124. The van der Waals surface area contributed by atoms with Crippen LogP contribution in [0, 0.1) is 6.92 Å². The third-order valence-electron chi connectivity index (χ3n) is 4.39. The normalized spacial score (nSPS) is 19.7. The van der Waals surface area contributed by atoms with Crippen LogP contribution in [-0.2, 0) is 4.79 Å². The number of hydrogen-bond acceptors (Lipinski definition) is 5. The number of rotatable bonds is 3. The molecule has 0 aliphatic carbocycles. The summed E-state index contributed by atoms with van der Waals surface area (Å²) in [6, 6.07) is 8.80. The van der Waals surface area contributed by atoms with Crippen molar-refractivity contribution in [3.05, 3.63) is 47.8 Å². The Morgan fingerprint density at radius 1 is 1.28 bits per heavy atom. The van der Waals surface area contributed by atoms with E-state index in [0.29, 0.717) is 30.0 Å². The third-order valence-corrected chi connectivity index (χ3v) is 4.39. The third kappa shape index (κ3) is 3.36. The summed E-state index contributed by atoms with van der Waals surface area (Å²) in [5, 5.41) is 2.59. The predicted molar refractivity (Wildman–Crippen MR) is 93.7 cm³/mol. The van der Waals surface area contributed by atoms with Gasteiger partial charge < -0.3 is 16.0 Å². The van der Waals surface area contributed by atoms with Gasteiger partial charge in [0.2, 0.25) is 5.91 Å². The summed E-state index contributed by atoms with van der Waals surface area (Å²) >= 11 is 0. The van der Waals surface area contributed by atoms with Gasteiger partial charge >= 0.3 is 0 Å². The molecule has 25 heavy (non-hydrogen) atoms. The fourth-order valence-corrected chi connectivity index (χ4v) is 3.07. The highest BCUT2D eigenvalue weighted by Gasteiger charge is 2.38. The second kappa shape index (κ2) is 6.98. The molecule has 3 rings (SSSR count). The summed E-state index contributed by atoms with van der Waals surface area (Å²) in [4.78, 5) is 35.2. The zero-order valence-corrected chi connectivity index (χ0v) is 14.3. The highest BCUT2D eigenvalue weighted by molar-refractivity contribution is 5.98. The molecule has 1 aliphatic heterocycles. The number of hydrogen-bond donors (Lipinski definition) is 2. The van der Waals surface area contributed by atoms with Crippen LogP contribution in [0.1, 0.15) is 22.5 Å². The Morgan fingerprint density at radius 3 is 2.64 bits per heavy atom. The smallest absolute Gasteiger partial charge is 0.258 e. The summed E-state index contributed by atoms with van der Waals surface area (Å²) in [5.41, 5.74) is 7.81. The first kappa shape index (κ1) is 17.0. The number of aryl methyl sites for hydroxylation is 1. The van der Waals surface area contributed by atoms with E-state index >= 15 is 0 Å². The van der Waals surface area contributed by atoms with Crippen molar-refractivity contribution in [1.29, 1.82) is 0 Å². The van der Waals surface area contributed by atoms with Gasteiger partial charge in [0.25, 0.3) is 5.91 Å².